The Morgan fingerprint density at radius 1 is 1.25 bits per heavy atom. The molecule has 2 atom stereocenters. The topological polar surface area (TPSA) is 49.3 Å². The summed E-state index contributed by atoms with van der Waals surface area (Å²) in [6, 6.07) is 14.2. The molecule has 1 fully saturated rings. The Morgan fingerprint density at radius 2 is 2.05 bits per heavy atom. The molecule has 3 nitrogen and oxygen atoms in total. The second-order valence-corrected chi connectivity index (χ2v) is 7.08. The smallest absolute Gasteiger partial charge is 0.321 e. The summed E-state index contributed by atoms with van der Waals surface area (Å²) in [5.41, 5.74) is 1.30. The van der Waals surface area contributed by atoms with Gasteiger partial charge in [-0.3, -0.25) is 10.1 Å². The van der Waals surface area contributed by atoms with E-state index in [4.69, 9.17) is 5.11 Å². The molecule has 0 unspecified atom stereocenters. The second kappa shape index (κ2) is 5.99. The molecule has 1 aromatic carbocycles. The quantitative estimate of drug-likeness (QED) is 0.911. The predicted octanol–water partition coefficient (Wildman–Crippen LogP) is 3.13. The van der Waals surface area contributed by atoms with Gasteiger partial charge in [0.15, 0.2) is 0 Å². The Bertz CT molecular complexity index is 597. The van der Waals surface area contributed by atoms with Crippen molar-refractivity contribution in [3.8, 4) is 0 Å². The van der Waals surface area contributed by atoms with Gasteiger partial charge in [-0.05, 0) is 17.7 Å². The lowest BCUT2D eigenvalue weighted by molar-refractivity contribution is -0.138. The Morgan fingerprint density at radius 3 is 2.75 bits per heavy atom. The highest BCUT2D eigenvalue weighted by Crippen LogP contribution is 2.37. The number of rotatable bonds is 4. The van der Waals surface area contributed by atoms with Crippen LogP contribution in [0.3, 0.4) is 0 Å². The second-order valence-electron chi connectivity index (χ2n) is 4.74. The van der Waals surface area contributed by atoms with Gasteiger partial charge in [0.2, 0.25) is 0 Å². The first-order chi connectivity index (χ1) is 9.72. The number of hydrogen-bond acceptors (Lipinski definition) is 4. The van der Waals surface area contributed by atoms with E-state index >= 15 is 0 Å². The first-order valence-corrected chi connectivity index (χ1v) is 8.32. The van der Waals surface area contributed by atoms with Gasteiger partial charge in [0.1, 0.15) is 6.04 Å². The van der Waals surface area contributed by atoms with E-state index in [0.29, 0.717) is 5.75 Å². The predicted molar refractivity (Wildman–Crippen MR) is 83.3 cm³/mol. The van der Waals surface area contributed by atoms with Crippen LogP contribution >= 0.6 is 23.1 Å². The summed E-state index contributed by atoms with van der Waals surface area (Å²) in [6.07, 6.45) is 0.936. The van der Waals surface area contributed by atoms with E-state index in [1.54, 1.807) is 23.1 Å². The lowest BCUT2D eigenvalue weighted by Crippen LogP contribution is -2.33. The Kier molecular flexibility index (Phi) is 4.10. The summed E-state index contributed by atoms with van der Waals surface area (Å²) in [5, 5.41) is 12.3. The highest BCUT2D eigenvalue weighted by molar-refractivity contribution is 7.99. The molecule has 0 spiro atoms. The molecule has 1 aromatic heterocycles. The SMILES string of the molecule is O=C(O)[C@@H]1CS[C@H](c2ccc(Cc3ccccc3)s2)N1. The Balaban J connectivity index is 1.67. The van der Waals surface area contributed by atoms with Crippen molar-refractivity contribution in [2.45, 2.75) is 17.8 Å². The van der Waals surface area contributed by atoms with E-state index in [1.807, 2.05) is 6.07 Å². The molecular formula is C15H15NO2S2. The first kappa shape index (κ1) is 13.7. The van der Waals surface area contributed by atoms with Crippen molar-refractivity contribution >= 4 is 29.1 Å². The molecule has 0 saturated carbocycles. The van der Waals surface area contributed by atoms with Crippen LogP contribution in [-0.2, 0) is 11.2 Å². The zero-order chi connectivity index (χ0) is 13.9. The summed E-state index contributed by atoms with van der Waals surface area (Å²) >= 11 is 3.43. The monoisotopic (exact) mass is 305 g/mol. The van der Waals surface area contributed by atoms with Gasteiger partial charge >= 0.3 is 5.97 Å². The third-order valence-electron chi connectivity index (χ3n) is 3.24. The zero-order valence-corrected chi connectivity index (χ0v) is 12.4. The fourth-order valence-electron chi connectivity index (χ4n) is 2.21. The molecule has 0 radical (unpaired) electrons. The van der Waals surface area contributed by atoms with Gasteiger partial charge in [-0.1, -0.05) is 30.3 Å². The highest BCUT2D eigenvalue weighted by atomic mass is 32.2. The van der Waals surface area contributed by atoms with Crippen LogP contribution in [0, 0.1) is 0 Å². The molecule has 1 aliphatic heterocycles. The molecule has 20 heavy (non-hydrogen) atoms. The minimum Gasteiger partial charge on any atom is -0.480 e. The standard InChI is InChI=1S/C15H15NO2S2/c17-15(18)12-9-19-14(16-12)13-7-6-11(20-13)8-10-4-2-1-3-5-10/h1-7,12,14,16H,8-9H2,(H,17,18)/t12-,14+/m0/s1. The van der Waals surface area contributed by atoms with Gasteiger partial charge in [0.05, 0.1) is 5.37 Å². The van der Waals surface area contributed by atoms with Crippen LogP contribution in [0.5, 0.6) is 0 Å². The van der Waals surface area contributed by atoms with E-state index in [2.05, 4.69) is 41.7 Å². The summed E-state index contributed by atoms with van der Waals surface area (Å²) in [4.78, 5) is 13.5. The number of aliphatic carboxylic acids is 1. The lowest BCUT2D eigenvalue weighted by Gasteiger charge is -2.08. The number of hydrogen-bond donors (Lipinski definition) is 2. The molecule has 2 aromatic rings. The van der Waals surface area contributed by atoms with Crippen LogP contribution in [0.15, 0.2) is 42.5 Å². The number of carbonyl (C=O) groups is 1. The van der Waals surface area contributed by atoms with Crippen molar-refractivity contribution in [3.63, 3.8) is 0 Å². The van der Waals surface area contributed by atoms with Crippen molar-refractivity contribution < 1.29 is 9.90 Å². The average molecular weight is 305 g/mol. The van der Waals surface area contributed by atoms with Crippen molar-refractivity contribution in [2.24, 2.45) is 0 Å². The number of thioether (sulfide) groups is 1. The van der Waals surface area contributed by atoms with Crippen LogP contribution in [0.1, 0.15) is 20.7 Å². The summed E-state index contributed by atoms with van der Waals surface area (Å²) in [7, 11) is 0. The van der Waals surface area contributed by atoms with Gasteiger partial charge in [0.25, 0.3) is 0 Å². The van der Waals surface area contributed by atoms with Crippen molar-refractivity contribution in [3.05, 3.63) is 57.8 Å². The summed E-state index contributed by atoms with van der Waals surface area (Å²) < 4.78 is 0. The molecule has 2 N–H and O–H groups in total. The molecule has 1 aliphatic rings. The molecular weight excluding hydrogens is 290 g/mol. The van der Waals surface area contributed by atoms with Gasteiger partial charge in [-0.2, -0.15) is 0 Å². The van der Waals surface area contributed by atoms with Gasteiger partial charge < -0.3 is 5.11 Å². The summed E-state index contributed by atoms with van der Waals surface area (Å²) in [6.45, 7) is 0. The van der Waals surface area contributed by atoms with E-state index in [9.17, 15) is 4.79 Å². The molecule has 1 saturated heterocycles. The van der Waals surface area contributed by atoms with Crippen LogP contribution in [-0.4, -0.2) is 22.9 Å². The van der Waals surface area contributed by atoms with Crippen LogP contribution < -0.4 is 5.32 Å². The fraction of sp³-hybridized carbons (Fsp3) is 0.267. The number of thiophene rings is 1. The van der Waals surface area contributed by atoms with Gasteiger partial charge in [0, 0.05) is 21.9 Å². The summed E-state index contributed by atoms with van der Waals surface area (Å²) in [5.74, 6) is -0.132. The van der Waals surface area contributed by atoms with Crippen molar-refractivity contribution in [2.75, 3.05) is 5.75 Å². The molecule has 0 bridgehead atoms. The number of benzene rings is 1. The van der Waals surface area contributed by atoms with Crippen LogP contribution in [0.2, 0.25) is 0 Å². The molecule has 3 rings (SSSR count). The maximum absolute atomic E-state index is 11.0. The minimum absolute atomic E-state index is 0.116. The first-order valence-electron chi connectivity index (χ1n) is 6.45. The Labute approximate surface area is 126 Å². The fourth-order valence-corrected chi connectivity index (χ4v) is 4.67. The third-order valence-corrected chi connectivity index (χ3v) is 5.79. The van der Waals surface area contributed by atoms with Crippen molar-refractivity contribution in [1.82, 2.24) is 5.32 Å². The van der Waals surface area contributed by atoms with E-state index in [1.165, 1.54) is 15.3 Å². The van der Waals surface area contributed by atoms with Gasteiger partial charge in [-0.15, -0.1) is 23.1 Å². The van der Waals surface area contributed by atoms with E-state index in [0.717, 1.165) is 6.42 Å². The largest absolute Gasteiger partial charge is 0.480 e. The normalized spacial score (nSPS) is 22.0. The highest BCUT2D eigenvalue weighted by Gasteiger charge is 2.30. The molecule has 2 heterocycles. The molecule has 104 valence electrons. The molecule has 0 amide bonds. The third kappa shape index (κ3) is 3.06. The number of carboxylic acids is 1. The number of carboxylic acid groups (broad SMARTS) is 1. The maximum atomic E-state index is 11.0. The van der Waals surface area contributed by atoms with Crippen LogP contribution in [0.4, 0.5) is 0 Å². The van der Waals surface area contributed by atoms with Crippen LogP contribution in [0.25, 0.3) is 0 Å². The molecule has 5 heteroatoms. The van der Waals surface area contributed by atoms with E-state index < -0.39 is 12.0 Å². The average Bonchev–Trinajstić information content (AvgIpc) is 3.08. The zero-order valence-electron chi connectivity index (χ0n) is 10.8. The lowest BCUT2D eigenvalue weighted by atomic mass is 10.1. The Hall–Kier alpha value is -1.30. The van der Waals surface area contributed by atoms with Crippen molar-refractivity contribution in [1.29, 1.82) is 0 Å². The number of nitrogens with one attached hydrogen (secondary N) is 1. The van der Waals surface area contributed by atoms with E-state index in [-0.39, 0.29) is 5.37 Å². The maximum Gasteiger partial charge on any atom is 0.321 e. The molecule has 0 aliphatic carbocycles. The minimum atomic E-state index is -0.763. The van der Waals surface area contributed by atoms with Gasteiger partial charge in [-0.25, -0.2) is 0 Å².